The van der Waals surface area contributed by atoms with Crippen LogP contribution in [0.25, 0.3) is 10.9 Å². The van der Waals surface area contributed by atoms with Gasteiger partial charge in [0.2, 0.25) is 0 Å². The number of fused-ring (bicyclic) bond motifs is 1. The summed E-state index contributed by atoms with van der Waals surface area (Å²) in [5.74, 6) is -4.41. The maximum Gasteiger partial charge on any atom is 0.394 e. The first-order chi connectivity index (χ1) is 16.9. The van der Waals surface area contributed by atoms with E-state index in [4.69, 9.17) is 5.11 Å². The molecule has 10 heteroatoms. The van der Waals surface area contributed by atoms with Gasteiger partial charge in [-0.15, -0.1) is 12.8 Å². The lowest BCUT2D eigenvalue weighted by molar-refractivity contribution is -0.147. The summed E-state index contributed by atoms with van der Waals surface area (Å²) in [5, 5.41) is 11.4. The Morgan fingerprint density at radius 2 is 1.49 bits per heavy atom. The Labute approximate surface area is 200 Å². The summed E-state index contributed by atoms with van der Waals surface area (Å²) < 4.78 is 0. The summed E-state index contributed by atoms with van der Waals surface area (Å²) in [6.45, 7) is 1.08. The Kier molecular flexibility index (Phi) is 7.63. The molecule has 2 aromatic carbocycles. The molecule has 1 saturated heterocycles. The number of H-pyrrole nitrogens is 1. The lowest BCUT2D eigenvalue weighted by Gasteiger charge is -2.34. The van der Waals surface area contributed by atoms with E-state index in [0.29, 0.717) is 29.6 Å². The molecule has 35 heavy (non-hydrogen) atoms. The van der Waals surface area contributed by atoms with Crippen molar-refractivity contribution in [2.75, 3.05) is 31.5 Å². The molecule has 10 nitrogen and oxygen atoms in total. The number of anilines is 1. The fourth-order valence-electron chi connectivity index (χ4n) is 3.76. The monoisotopic (exact) mass is 474 g/mol. The molecule has 2 heterocycles. The van der Waals surface area contributed by atoms with Crippen LogP contribution in [0.5, 0.6) is 0 Å². The van der Waals surface area contributed by atoms with Crippen molar-refractivity contribution in [1.82, 2.24) is 14.8 Å². The molecule has 0 atom stereocenters. The number of terminal acetylenes is 1. The van der Waals surface area contributed by atoms with Crippen molar-refractivity contribution in [1.29, 1.82) is 0 Å². The first kappa shape index (κ1) is 24.7. The topological polar surface area (TPSA) is 140 Å². The van der Waals surface area contributed by atoms with Crippen molar-refractivity contribution in [2.24, 2.45) is 0 Å². The molecular formula is C25H22N4O6. The van der Waals surface area contributed by atoms with Gasteiger partial charge in [0.05, 0.1) is 16.8 Å². The highest BCUT2D eigenvalue weighted by atomic mass is 16.4. The number of para-hydroxylation sites is 1. The third-order valence-corrected chi connectivity index (χ3v) is 5.47. The number of piperazine rings is 1. The van der Waals surface area contributed by atoms with E-state index in [9.17, 15) is 24.0 Å². The van der Waals surface area contributed by atoms with E-state index in [0.717, 1.165) is 0 Å². The number of aromatic nitrogens is 1. The highest BCUT2D eigenvalue weighted by Gasteiger charge is 2.30. The van der Waals surface area contributed by atoms with E-state index in [2.05, 4.69) is 23.1 Å². The van der Waals surface area contributed by atoms with Crippen LogP contribution in [0.4, 0.5) is 5.69 Å². The summed E-state index contributed by atoms with van der Waals surface area (Å²) in [6, 6.07) is 13.5. The SMILES string of the molecule is C#C.O=C(O)C(=O)Nc1cccc2c(C(=O)C(=O)N3CCN(C(=O)c4ccccc4)CC3)c[nH]c12. The van der Waals surface area contributed by atoms with E-state index in [1.54, 1.807) is 41.3 Å². The van der Waals surface area contributed by atoms with Gasteiger partial charge < -0.3 is 25.2 Å². The Morgan fingerprint density at radius 1 is 0.857 bits per heavy atom. The highest BCUT2D eigenvalue weighted by Crippen LogP contribution is 2.26. The van der Waals surface area contributed by atoms with E-state index in [1.807, 2.05) is 6.07 Å². The summed E-state index contributed by atoms with van der Waals surface area (Å²) in [4.78, 5) is 66.5. The molecule has 178 valence electrons. The van der Waals surface area contributed by atoms with E-state index >= 15 is 0 Å². The first-order valence-corrected chi connectivity index (χ1v) is 10.5. The zero-order valence-corrected chi connectivity index (χ0v) is 18.6. The number of hydrogen-bond donors (Lipinski definition) is 3. The minimum atomic E-state index is -1.64. The molecule has 3 aromatic rings. The number of benzene rings is 2. The van der Waals surface area contributed by atoms with Crippen LogP contribution in [-0.2, 0) is 14.4 Å². The van der Waals surface area contributed by atoms with E-state index < -0.39 is 23.6 Å². The first-order valence-electron chi connectivity index (χ1n) is 10.5. The number of amides is 3. The lowest BCUT2D eigenvalue weighted by atomic mass is 10.1. The number of carboxylic acids is 1. The van der Waals surface area contributed by atoms with E-state index in [1.165, 1.54) is 17.2 Å². The Hall–Kier alpha value is -4.91. The number of carbonyl (C=O) groups is 5. The van der Waals surface area contributed by atoms with Crippen LogP contribution >= 0.6 is 0 Å². The molecule has 0 saturated carbocycles. The third-order valence-electron chi connectivity index (χ3n) is 5.47. The van der Waals surface area contributed by atoms with Gasteiger partial charge in [-0.1, -0.05) is 30.3 Å². The Balaban J connectivity index is 0.00000167. The van der Waals surface area contributed by atoms with Gasteiger partial charge in [0, 0.05) is 43.3 Å². The minimum Gasteiger partial charge on any atom is -0.474 e. The smallest absolute Gasteiger partial charge is 0.394 e. The van der Waals surface area contributed by atoms with Crippen LogP contribution in [0.3, 0.4) is 0 Å². The molecule has 0 unspecified atom stereocenters. The number of hydrogen-bond acceptors (Lipinski definition) is 5. The summed E-state index contributed by atoms with van der Waals surface area (Å²) in [7, 11) is 0. The zero-order valence-electron chi connectivity index (χ0n) is 18.6. The average Bonchev–Trinajstić information content (AvgIpc) is 3.34. The Morgan fingerprint density at radius 3 is 2.11 bits per heavy atom. The van der Waals surface area contributed by atoms with Gasteiger partial charge >= 0.3 is 11.9 Å². The van der Waals surface area contributed by atoms with Crippen molar-refractivity contribution < 1.29 is 29.1 Å². The molecule has 0 radical (unpaired) electrons. The molecule has 1 aliphatic rings. The molecule has 1 aliphatic heterocycles. The number of Topliss-reactive ketones (excluding diaryl/α,β-unsaturated/α-hetero) is 1. The molecular weight excluding hydrogens is 452 g/mol. The maximum absolute atomic E-state index is 12.9. The van der Waals surface area contributed by atoms with Crippen molar-refractivity contribution in [3.63, 3.8) is 0 Å². The second kappa shape index (κ2) is 10.8. The number of aromatic amines is 1. The number of carbonyl (C=O) groups excluding carboxylic acids is 4. The second-order valence-corrected chi connectivity index (χ2v) is 7.47. The van der Waals surface area contributed by atoms with Crippen LogP contribution < -0.4 is 5.32 Å². The normalized spacial score (nSPS) is 12.9. The number of nitrogens with one attached hydrogen (secondary N) is 2. The lowest BCUT2D eigenvalue weighted by Crippen LogP contribution is -2.52. The zero-order chi connectivity index (χ0) is 25.5. The Bertz CT molecular complexity index is 1300. The minimum absolute atomic E-state index is 0.115. The molecule has 0 bridgehead atoms. The van der Waals surface area contributed by atoms with Gasteiger partial charge in [0.25, 0.3) is 17.6 Å². The largest absolute Gasteiger partial charge is 0.474 e. The van der Waals surface area contributed by atoms with Crippen molar-refractivity contribution in [3.05, 3.63) is 65.9 Å². The molecule has 0 spiro atoms. The fraction of sp³-hybridized carbons (Fsp3) is 0.160. The van der Waals surface area contributed by atoms with Crippen LogP contribution in [0, 0.1) is 12.8 Å². The van der Waals surface area contributed by atoms with Gasteiger partial charge in [-0.3, -0.25) is 19.2 Å². The summed E-state index contributed by atoms with van der Waals surface area (Å²) >= 11 is 0. The number of nitrogens with zero attached hydrogens (tertiary/aromatic N) is 2. The van der Waals surface area contributed by atoms with E-state index in [-0.39, 0.29) is 30.2 Å². The molecule has 0 aliphatic carbocycles. The second-order valence-electron chi connectivity index (χ2n) is 7.47. The predicted molar refractivity (Wildman–Crippen MR) is 128 cm³/mol. The standard InChI is InChI=1S/C23H20N4O6.C2H2/c28-19(16-13-24-18-15(16)7-4-8-17(18)25-20(29)23(32)33)22(31)27-11-9-26(10-12-27)21(30)14-5-2-1-3-6-14;1-2/h1-8,13,24H,9-12H2,(H,25,29)(H,32,33);1-2H. The summed E-state index contributed by atoms with van der Waals surface area (Å²) in [5.41, 5.74) is 1.20. The van der Waals surface area contributed by atoms with Gasteiger partial charge in [-0.25, -0.2) is 4.79 Å². The third kappa shape index (κ3) is 5.20. The molecule has 1 fully saturated rings. The van der Waals surface area contributed by atoms with Gasteiger partial charge in [-0.2, -0.15) is 0 Å². The number of aliphatic carboxylic acids is 1. The van der Waals surface area contributed by atoms with Gasteiger partial charge in [-0.05, 0) is 18.2 Å². The van der Waals surface area contributed by atoms with Crippen LogP contribution in [0.15, 0.2) is 54.7 Å². The highest BCUT2D eigenvalue weighted by molar-refractivity contribution is 6.45. The summed E-state index contributed by atoms with van der Waals surface area (Å²) in [6.07, 6.45) is 9.36. The number of rotatable bonds is 4. The van der Waals surface area contributed by atoms with Gasteiger partial charge in [0.1, 0.15) is 0 Å². The van der Waals surface area contributed by atoms with Gasteiger partial charge in [0.15, 0.2) is 0 Å². The van der Waals surface area contributed by atoms with Crippen LogP contribution in [0.2, 0.25) is 0 Å². The van der Waals surface area contributed by atoms with Crippen molar-refractivity contribution >= 4 is 46.1 Å². The van der Waals surface area contributed by atoms with Crippen molar-refractivity contribution in [3.8, 4) is 12.8 Å². The molecule has 3 N–H and O–H groups in total. The predicted octanol–water partition coefficient (Wildman–Crippen LogP) is 1.61. The van der Waals surface area contributed by atoms with Crippen molar-refractivity contribution in [2.45, 2.75) is 0 Å². The average molecular weight is 474 g/mol. The molecule has 1 aromatic heterocycles. The molecule has 4 rings (SSSR count). The van der Waals surface area contributed by atoms with Crippen LogP contribution in [-0.4, -0.2) is 75.5 Å². The fourth-order valence-corrected chi connectivity index (χ4v) is 3.76. The molecule has 3 amide bonds. The maximum atomic E-state index is 12.9. The number of carboxylic acid groups (broad SMARTS) is 1. The van der Waals surface area contributed by atoms with Crippen LogP contribution in [0.1, 0.15) is 20.7 Å². The number of ketones is 1. The quantitative estimate of drug-likeness (QED) is 0.298.